The third-order valence-corrected chi connectivity index (χ3v) is 2.62. The van der Waals surface area contributed by atoms with Gasteiger partial charge in [-0.1, -0.05) is 11.6 Å². The predicted octanol–water partition coefficient (Wildman–Crippen LogP) is 2.62. The van der Waals surface area contributed by atoms with E-state index in [1.807, 2.05) is 19.1 Å². The van der Waals surface area contributed by atoms with Crippen molar-refractivity contribution in [3.63, 3.8) is 0 Å². The van der Waals surface area contributed by atoms with Crippen LogP contribution < -0.4 is 4.74 Å². The smallest absolute Gasteiger partial charge is 0.137 e. The largest absolute Gasteiger partial charge is 0.492 e. The molecule has 0 amide bonds. The first kappa shape index (κ1) is 12.0. The molecule has 0 atom stereocenters. The van der Waals surface area contributed by atoms with E-state index in [0.717, 1.165) is 11.3 Å². The molecule has 0 aliphatic carbocycles. The van der Waals surface area contributed by atoms with E-state index in [-0.39, 0.29) is 6.61 Å². The van der Waals surface area contributed by atoms with Gasteiger partial charge in [-0.15, -0.1) is 0 Å². The van der Waals surface area contributed by atoms with Crippen molar-refractivity contribution >= 4 is 11.6 Å². The maximum atomic E-state index is 8.93. The van der Waals surface area contributed by atoms with E-state index in [4.69, 9.17) is 21.4 Å². The highest BCUT2D eigenvalue weighted by atomic mass is 35.5. The van der Waals surface area contributed by atoms with Crippen LogP contribution >= 0.6 is 11.6 Å². The van der Waals surface area contributed by atoms with Crippen molar-refractivity contribution in [1.82, 2.24) is 9.97 Å². The predicted molar refractivity (Wildman–Crippen MR) is 66.1 cm³/mol. The molecule has 2 rings (SSSR count). The summed E-state index contributed by atoms with van der Waals surface area (Å²) in [6.07, 6.45) is 1.66. The molecule has 4 nitrogen and oxygen atoms in total. The molecule has 17 heavy (non-hydrogen) atoms. The van der Waals surface area contributed by atoms with Gasteiger partial charge in [0.05, 0.1) is 23.5 Å². The molecule has 0 aliphatic heterocycles. The number of H-pyrrole nitrogens is 1. The minimum Gasteiger partial charge on any atom is -0.492 e. The van der Waals surface area contributed by atoms with Gasteiger partial charge in [-0.2, -0.15) is 0 Å². The second kappa shape index (κ2) is 5.21. The first-order valence-corrected chi connectivity index (χ1v) is 5.70. The summed E-state index contributed by atoms with van der Waals surface area (Å²) in [5.74, 6) is 1.20. The molecule has 0 radical (unpaired) electrons. The first-order valence-electron chi connectivity index (χ1n) is 5.32. The third-order valence-electron chi connectivity index (χ3n) is 2.32. The van der Waals surface area contributed by atoms with E-state index in [9.17, 15) is 0 Å². The van der Waals surface area contributed by atoms with Crippen molar-refractivity contribution in [2.75, 3.05) is 6.61 Å². The van der Waals surface area contributed by atoms with Gasteiger partial charge in [0.15, 0.2) is 0 Å². The highest BCUT2D eigenvalue weighted by molar-refractivity contribution is 6.32. The maximum Gasteiger partial charge on any atom is 0.137 e. The number of aromatic amines is 1. The van der Waals surface area contributed by atoms with Crippen molar-refractivity contribution in [2.24, 2.45) is 0 Å². The lowest BCUT2D eigenvalue weighted by Gasteiger charge is -2.06. The quantitative estimate of drug-likeness (QED) is 0.879. The molecule has 1 heterocycles. The second-order valence-electron chi connectivity index (χ2n) is 3.48. The summed E-state index contributed by atoms with van der Waals surface area (Å²) in [6.45, 7) is 2.38. The molecule has 0 unspecified atom stereocenters. The number of hydrogen-bond donors (Lipinski definition) is 2. The lowest BCUT2D eigenvalue weighted by Crippen LogP contribution is -1.92. The van der Waals surface area contributed by atoms with E-state index in [1.54, 1.807) is 12.3 Å². The van der Waals surface area contributed by atoms with E-state index >= 15 is 0 Å². The number of aliphatic hydroxyl groups excluding tert-OH is 1. The Kier molecular flexibility index (Phi) is 3.66. The summed E-state index contributed by atoms with van der Waals surface area (Å²) in [7, 11) is 0. The standard InChI is InChI=1S/C12H13ClN2O2/c1-2-17-11-4-3-8(5-9(11)13)10-6-14-12(7-16)15-10/h3-6,16H,2,7H2,1H3,(H,14,15). The Hall–Kier alpha value is -1.52. The van der Waals surface area contributed by atoms with Gasteiger partial charge in [-0.05, 0) is 25.1 Å². The Labute approximate surface area is 104 Å². The van der Waals surface area contributed by atoms with Crippen LogP contribution in [0.1, 0.15) is 12.7 Å². The zero-order valence-electron chi connectivity index (χ0n) is 9.40. The normalized spacial score (nSPS) is 10.5. The molecular formula is C12H13ClN2O2. The van der Waals surface area contributed by atoms with Crippen LogP contribution in [0.5, 0.6) is 5.75 Å². The molecule has 0 bridgehead atoms. The summed E-state index contributed by atoms with van der Waals surface area (Å²) in [4.78, 5) is 7.02. The van der Waals surface area contributed by atoms with Crippen LogP contribution in [0.2, 0.25) is 5.02 Å². The number of nitrogens with one attached hydrogen (secondary N) is 1. The topological polar surface area (TPSA) is 58.1 Å². The van der Waals surface area contributed by atoms with Gasteiger partial charge < -0.3 is 14.8 Å². The molecule has 0 saturated carbocycles. The van der Waals surface area contributed by atoms with Crippen LogP contribution in [-0.4, -0.2) is 21.7 Å². The monoisotopic (exact) mass is 252 g/mol. The molecule has 1 aromatic carbocycles. The Morgan fingerprint density at radius 3 is 2.88 bits per heavy atom. The molecule has 90 valence electrons. The molecule has 2 aromatic rings. The van der Waals surface area contributed by atoms with Crippen molar-refractivity contribution in [3.05, 3.63) is 35.2 Å². The summed E-state index contributed by atoms with van der Waals surface area (Å²) >= 11 is 6.09. The first-order chi connectivity index (χ1) is 8.24. The lowest BCUT2D eigenvalue weighted by molar-refractivity contribution is 0.272. The number of rotatable bonds is 4. The minimum atomic E-state index is -0.106. The van der Waals surface area contributed by atoms with E-state index in [1.165, 1.54) is 0 Å². The highest BCUT2D eigenvalue weighted by Crippen LogP contribution is 2.29. The fourth-order valence-corrected chi connectivity index (χ4v) is 1.77. The Bertz CT molecular complexity index is 511. The summed E-state index contributed by atoms with van der Waals surface area (Å²) in [6, 6.07) is 5.52. The fraction of sp³-hybridized carbons (Fsp3) is 0.250. The fourth-order valence-electron chi connectivity index (χ4n) is 1.53. The highest BCUT2D eigenvalue weighted by Gasteiger charge is 2.06. The van der Waals surface area contributed by atoms with Crippen LogP contribution in [-0.2, 0) is 6.61 Å². The van der Waals surface area contributed by atoms with Crippen molar-refractivity contribution in [3.8, 4) is 17.0 Å². The molecule has 2 N–H and O–H groups in total. The number of hydrogen-bond acceptors (Lipinski definition) is 3. The average Bonchev–Trinajstić information content (AvgIpc) is 2.80. The average molecular weight is 253 g/mol. The van der Waals surface area contributed by atoms with Gasteiger partial charge in [-0.3, -0.25) is 0 Å². The number of imidazole rings is 1. The second-order valence-corrected chi connectivity index (χ2v) is 3.89. The Morgan fingerprint density at radius 2 is 2.29 bits per heavy atom. The molecular weight excluding hydrogens is 240 g/mol. The molecule has 0 aliphatic rings. The number of benzene rings is 1. The van der Waals surface area contributed by atoms with Gasteiger partial charge in [0, 0.05) is 5.56 Å². The Morgan fingerprint density at radius 1 is 1.47 bits per heavy atom. The molecule has 0 saturated heterocycles. The van der Waals surface area contributed by atoms with E-state index in [2.05, 4.69) is 9.97 Å². The van der Waals surface area contributed by atoms with Crippen LogP contribution in [0.4, 0.5) is 0 Å². The molecule has 5 heteroatoms. The molecule has 1 aromatic heterocycles. The van der Waals surface area contributed by atoms with Gasteiger partial charge in [0.2, 0.25) is 0 Å². The van der Waals surface area contributed by atoms with E-state index in [0.29, 0.717) is 23.2 Å². The van der Waals surface area contributed by atoms with Crippen LogP contribution in [0.15, 0.2) is 24.4 Å². The van der Waals surface area contributed by atoms with E-state index < -0.39 is 0 Å². The van der Waals surface area contributed by atoms with Crippen molar-refractivity contribution in [2.45, 2.75) is 13.5 Å². The van der Waals surface area contributed by atoms with Gasteiger partial charge in [0.1, 0.15) is 18.2 Å². The zero-order valence-corrected chi connectivity index (χ0v) is 10.2. The van der Waals surface area contributed by atoms with Crippen LogP contribution in [0, 0.1) is 0 Å². The number of ether oxygens (including phenoxy) is 1. The van der Waals surface area contributed by atoms with Crippen LogP contribution in [0.25, 0.3) is 11.3 Å². The zero-order chi connectivity index (χ0) is 12.3. The number of aliphatic hydroxyl groups is 1. The number of nitrogens with zero attached hydrogens (tertiary/aromatic N) is 1. The third kappa shape index (κ3) is 2.60. The van der Waals surface area contributed by atoms with Gasteiger partial charge in [0.25, 0.3) is 0 Å². The maximum absolute atomic E-state index is 8.93. The molecule has 0 fully saturated rings. The lowest BCUT2D eigenvalue weighted by atomic mass is 10.1. The van der Waals surface area contributed by atoms with Crippen molar-refractivity contribution in [1.29, 1.82) is 0 Å². The summed E-state index contributed by atoms with van der Waals surface area (Å²) in [5, 5.41) is 9.49. The summed E-state index contributed by atoms with van der Waals surface area (Å²) in [5.41, 5.74) is 1.73. The van der Waals surface area contributed by atoms with Crippen molar-refractivity contribution < 1.29 is 9.84 Å². The number of halogens is 1. The number of aromatic nitrogens is 2. The van der Waals surface area contributed by atoms with Gasteiger partial charge in [-0.25, -0.2) is 4.98 Å². The SMILES string of the molecule is CCOc1ccc(-c2cnc(CO)[nH]2)cc1Cl. The Balaban J connectivity index is 2.30. The summed E-state index contributed by atoms with van der Waals surface area (Å²) < 4.78 is 5.36. The molecule has 0 spiro atoms. The minimum absolute atomic E-state index is 0.106. The van der Waals surface area contributed by atoms with Crippen LogP contribution in [0.3, 0.4) is 0 Å². The van der Waals surface area contributed by atoms with Gasteiger partial charge >= 0.3 is 0 Å².